The van der Waals surface area contributed by atoms with E-state index in [0.717, 1.165) is 37.8 Å². The van der Waals surface area contributed by atoms with Crippen molar-refractivity contribution in [2.75, 3.05) is 6.54 Å². The minimum Gasteiger partial charge on any atom is -0.349 e. The molecule has 0 radical (unpaired) electrons. The van der Waals surface area contributed by atoms with Crippen molar-refractivity contribution >= 4 is 17.5 Å². The van der Waals surface area contributed by atoms with Gasteiger partial charge in [-0.2, -0.15) is 0 Å². The molecule has 0 aromatic heterocycles. The Labute approximate surface area is 121 Å². The number of carbonyl (C=O) groups excluding carboxylic acids is 1. The maximum atomic E-state index is 13.7. The van der Waals surface area contributed by atoms with Gasteiger partial charge in [0.15, 0.2) is 0 Å². The molecule has 2 unspecified atom stereocenters. The van der Waals surface area contributed by atoms with E-state index in [-0.39, 0.29) is 22.5 Å². The van der Waals surface area contributed by atoms with Crippen molar-refractivity contribution < 1.29 is 13.6 Å². The molecule has 2 atom stereocenters. The monoisotopic (exact) mass is 302 g/mol. The van der Waals surface area contributed by atoms with Crippen LogP contribution in [-0.2, 0) is 0 Å². The lowest BCUT2D eigenvalue weighted by molar-refractivity contribution is 0.0903. The van der Waals surface area contributed by atoms with Crippen LogP contribution in [0.2, 0.25) is 5.02 Å². The largest absolute Gasteiger partial charge is 0.349 e. The average Bonchev–Trinajstić information content (AvgIpc) is 2.43. The van der Waals surface area contributed by atoms with Crippen LogP contribution < -0.4 is 11.1 Å². The summed E-state index contributed by atoms with van der Waals surface area (Å²) in [6, 6.07) is 1.56. The minimum absolute atomic E-state index is 0.0839. The second-order valence-corrected chi connectivity index (χ2v) is 5.51. The van der Waals surface area contributed by atoms with E-state index in [1.165, 1.54) is 0 Å². The molecule has 1 amide bonds. The Bertz CT molecular complexity index is 510. The molecule has 0 aliphatic heterocycles. The smallest absolute Gasteiger partial charge is 0.254 e. The van der Waals surface area contributed by atoms with Crippen LogP contribution in [0.15, 0.2) is 12.1 Å². The number of hydrogen-bond donors (Lipinski definition) is 2. The lowest BCUT2D eigenvalue weighted by Crippen LogP contribution is -2.45. The molecule has 0 saturated heterocycles. The summed E-state index contributed by atoms with van der Waals surface area (Å²) < 4.78 is 27.0. The molecule has 3 N–H and O–H groups in total. The molecule has 1 aliphatic carbocycles. The van der Waals surface area contributed by atoms with E-state index in [4.69, 9.17) is 17.3 Å². The molecule has 110 valence electrons. The van der Waals surface area contributed by atoms with Gasteiger partial charge in [-0.3, -0.25) is 4.79 Å². The molecule has 1 fully saturated rings. The first kappa shape index (κ1) is 15.2. The van der Waals surface area contributed by atoms with Gasteiger partial charge in [0.2, 0.25) is 0 Å². The van der Waals surface area contributed by atoms with Gasteiger partial charge in [0.1, 0.15) is 11.6 Å². The zero-order chi connectivity index (χ0) is 14.7. The third-order valence-corrected chi connectivity index (χ3v) is 4.07. The summed E-state index contributed by atoms with van der Waals surface area (Å²) in [4.78, 5) is 12.1. The van der Waals surface area contributed by atoms with Gasteiger partial charge in [-0.25, -0.2) is 8.78 Å². The number of amides is 1. The predicted molar refractivity (Wildman–Crippen MR) is 73.6 cm³/mol. The fourth-order valence-corrected chi connectivity index (χ4v) is 2.77. The van der Waals surface area contributed by atoms with Crippen LogP contribution in [0.5, 0.6) is 0 Å². The van der Waals surface area contributed by atoms with Gasteiger partial charge in [0.05, 0.1) is 10.6 Å². The van der Waals surface area contributed by atoms with Gasteiger partial charge in [0.25, 0.3) is 5.91 Å². The number of carbonyl (C=O) groups is 1. The van der Waals surface area contributed by atoms with Crippen molar-refractivity contribution in [3.8, 4) is 0 Å². The van der Waals surface area contributed by atoms with E-state index in [9.17, 15) is 13.6 Å². The summed E-state index contributed by atoms with van der Waals surface area (Å²) in [6.07, 6.45) is 3.83. The van der Waals surface area contributed by atoms with Crippen LogP contribution in [-0.4, -0.2) is 18.5 Å². The first-order valence-electron chi connectivity index (χ1n) is 6.68. The fraction of sp³-hybridized carbons (Fsp3) is 0.500. The third kappa shape index (κ3) is 3.27. The van der Waals surface area contributed by atoms with Crippen LogP contribution in [0.4, 0.5) is 8.78 Å². The Balaban J connectivity index is 2.13. The molecule has 20 heavy (non-hydrogen) atoms. The highest BCUT2D eigenvalue weighted by Gasteiger charge is 2.26. The first-order chi connectivity index (χ1) is 9.52. The van der Waals surface area contributed by atoms with Gasteiger partial charge in [-0.05, 0) is 37.4 Å². The zero-order valence-corrected chi connectivity index (χ0v) is 11.7. The number of hydrogen-bond acceptors (Lipinski definition) is 2. The van der Waals surface area contributed by atoms with Crippen molar-refractivity contribution in [1.82, 2.24) is 5.32 Å². The number of rotatable bonds is 3. The second-order valence-electron chi connectivity index (χ2n) is 5.11. The average molecular weight is 303 g/mol. The third-order valence-electron chi connectivity index (χ3n) is 3.78. The molecular formula is C14H17ClF2N2O. The molecule has 6 heteroatoms. The van der Waals surface area contributed by atoms with Crippen molar-refractivity contribution in [3.05, 3.63) is 34.4 Å². The van der Waals surface area contributed by atoms with Crippen molar-refractivity contribution in [2.45, 2.75) is 31.7 Å². The number of halogens is 3. The van der Waals surface area contributed by atoms with Crippen LogP contribution in [0.25, 0.3) is 0 Å². The zero-order valence-electron chi connectivity index (χ0n) is 11.0. The highest BCUT2D eigenvalue weighted by Crippen LogP contribution is 2.25. The lowest BCUT2D eigenvalue weighted by Gasteiger charge is -2.31. The molecule has 0 spiro atoms. The second kappa shape index (κ2) is 6.50. The van der Waals surface area contributed by atoms with Crippen molar-refractivity contribution in [2.24, 2.45) is 11.7 Å². The standard InChI is InChI=1S/C14H17ClF2N2O/c15-10-6-11(16)9(5-12(10)17)14(20)19-13-4-2-1-3-8(13)7-18/h5-6,8,13H,1-4,7,18H2,(H,19,20). The highest BCUT2D eigenvalue weighted by molar-refractivity contribution is 6.30. The molecule has 1 aromatic carbocycles. The summed E-state index contributed by atoms with van der Waals surface area (Å²) in [5.41, 5.74) is 5.35. The lowest BCUT2D eigenvalue weighted by atomic mass is 9.84. The Kier molecular flexibility index (Phi) is 4.94. The van der Waals surface area contributed by atoms with Crippen LogP contribution in [0.3, 0.4) is 0 Å². The predicted octanol–water partition coefficient (Wildman–Crippen LogP) is 2.87. The van der Waals surface area contributed by atoms with Crippen LogP contribution >= 0.6 is 11.6 Å². The molecule has 1 saturated carbocycles. The maximum Gasteiger partial charge on any atom is 0.254 e. The Morgan fingerprint density at radius 3 is 2.70 bits per heavy atom. The van der Waals surface area contributed by atoms with Crippen LogP contribution in [0.1, 0.15) is 36.0 Å². The van der Waals surface area contributed by atoms with E-state index in [2.05, 4.69) is 5.32 Å². The van der Waals surface area contributed by atoms with E-state index < -0.39 is 17.5 Å². The molecule has 1 aliphatic rings. The number of nitrogens with one attached hydrogen (secondary N) is 1. The molecule has 0 bridgehead atoms. The number of benzene rings is 1. The van der Waals surface area contributed by atoms with E-state index in [1.54, 1.807) is 0 Å². The summed E-state index contributed by atoms with van der Waals surface area (Å²) in [7, 11) is 0. The molecule has 0 heterocycles. The molecule has 3 nitrogen and oxygen atoms in total. The summed E-state index contributed by atoms with van der Waals surface area (Å²) in [6.45, 7) is 0.475. The Morgan fingerprint density at radius 2 is 2.00 bits per heavy atom. The summed E-state index contributed by atoms with van der Waals surface area (Å²) in [5, 5.41) is 2.42. The van der Waals surface area contributed by atoms with Gasteiger partial charge in [-0.1, -0.05) is 24.4 Å². The molecule has 2 rings (SSSR count). The summed E-state index contributed by atoms with van der Waals surface area (Å²) in [5.74, 6) is -2.07. The fourth-order valence-electron chi connectivity index (χ4n) is 2.62. The highest BCUT2D eigenvalue weighted by atomic mass is 35.5. The summed E-state index contributed by atoms with van der Waals surface area (Å²) >= 11 is 5.46. The van der Waals surface area contributed by atoms with Gasteiger partial charge >= 0.3 is 0 Å². The number of nitrogens with two attached hydrogens (primary N) is 1. The maximum absolute atomic E-state index is 13.7. The first-order valence-corrected chi connectivity index (χ1v) is 7.06. The quantitative estimate of drug-likeness (QED) is 0.844. The van der Waals surface area contributed by atoms with E-state index in [0.29, 0.717) is 6.54 Å². The van der Waals surface area contributed by atoms with E-state index in [1.807, 2.05) is 0 Å². The van der Waals surface area contributed by atoms with E-state index >= 15 is 0 Å². The Hall–Kier alpha value is -1.20. The van der Waals surface area contributed by atoms with Gasteiger partial charge < -0.3 is 11.1 Å². The van der Waals surface area contributed by atoms with Crippen molar-refractivity contribution in [1.29, 1.82) is 0 Å². The van der Waals surface area contributed by atoms with Gasteiger partial charge in [0, 0.05) is 6.04 Å². The topological polar surface area (TPSA) is 55.1 Å². The Morgan fingerprint density at radius 1 is 1.30 bits per heavy atom. The normalized spacial score (nSPS) is 22.6. The van der Waals surface area contributed by atoms with Crippen LogP contribution in [0, 0.1) is 17.6 Å². The SMILES string of the molecule is NCC1CCCCC1NC(=O)c1cc(F)c(Cl)cc1F. The van der Waals surface area contributed by atoms with Crippen molar-refractivity contribution in [3.63, 3.8) is 0 Å². The minimum atomic E-state index is -0.825. The van der Waals surface area contributed by atoms with Gasteiger partial charge in [-0.15, -0.1) is 0 Å². The molecule has 1 aromatic rings. The molecular weight excluding hydrogens is 286 g/mol.